The zero-order valence-electron chi connectivity index (χ0n) is 15.5. The molecule has 0 saturated heterocycles. The molecule has 0 bridgehead atoms. The van der Waals surface area contributed by atoms with Gasteiger partial charge in [0.15, 0.2) is 0 Å². The number of halogens is 1. The standard InChI is InChI=1S/C19H27N3O2S.ClH/c1-13(2)24-16-8-6-15(7-9-16)5-4-14(3)21-19(23)17-12-25-18(22-17)10-11-20;/h6-9,12-14H,4-5,10-11,20H2,1-3H3,(H,21,23);1H. The second-order valence-electron chi connectivity index (χ2n) is 6.39. The Balaban J connectivity index is 0.00000338. The quantitative estimate of drug-likeness (QED) is 0.677. The summed E-state index contributed by atoms with van der Waals surface area (Å²) < 4.78 is 5.64. The molecular formula is C19H28ClN3O2S. The highest BCUT2D eigenvalue weighted by Gasteiger charge is 2.13. The van der Waals surface area contributed by atoms with Crippen LogP contribution in [0.1, 0.15) is 48.3 Å². The lowest BCUT2D eigenvalue weighted by Crippen LogP contribution is -2.33. The van der Waals surface area contributed by atoms with E-state index in [9.17, 15) is 4.79 Å². The summed E-state index contributed by atoms with van der Waals surface area (Å²) in [5.41, 5.74) is 7.23. The molecule has 144 valence electrons. The SMILES string of the molecule is CC(CCc1ccc(OC(C)C)cc1)NC(=O)c1csc(CCN)n1.Cl. The van der Waals surface area contributed by atoms with Crippen LogP contribution in [-0.4, -0.2) is 29.6 Å². The third-order valence-corrected chi connectivity index (χ3v) is 4.59. The van der Waals surface area contributed by atoms with Gasteiger partial charge in [0.25, 0.3) is 5.91 Å². The molecule has 0 spiro atoms. The van der Waals surface area contributed by atoms with Crippen LogP contribution in [0.15, 0.2) is 29.6 Å². The average molecular weight is 398 g/mol. The van der Waals surface area contributed by atoms with E-state index in [-0.39, 0.29) is 30.5 Å². The Morgan fingerprint density at radius 2 is 1.92 bits per heavy atom. The minimum atomic E-state index is -0.118. The van der Waals surface area contributed by atoms with Crippen LogP contribution in [0, 0.1) is 0 Å². The van der Waals surface area contributed by atoms with Gasteiger partial charge in [0, 0.05) is 17.8 Å². The molecule has 0 fully saturated rings. The number of thiazole rings is 1. The van der Waals surface area contributed by atoms with Crippen LogP contribution >= 0.6 is 23.7 Å². The van der Waals surface area contributed by atoms with Crippen LogP contribution in [0.25, 0.3) is 0 Å². The Hall–Kier alpha value is -1.63. The van der Waals surface area contributed by atoms with Gasteiger partial charge in [-0.05, 0) is 57.9 Å². The smallest absolute Gasteiger partial charge is 0.270 e. The number of amides is 1. The number of rotatable bonds is 9. The highest BCUT2D eigenvalue weighted by molar-refractivity contribution is 7.09. The molecule has 5 nitrogen and oxygen atoms in total. The van der Waals surface area contributed by atoms with E-state index in [1.54, 1.807) is 5.38 Å². The van der Waals surface area contributed by atoms with Crippen molar-refractivity contribution in [3.63, 3.8) is 0 Å². The molecule has 0 aliphatic rings. The third kappa shape index (κ3) is 7.32. The van der Waals surface area contributed by atoms with E-state index in [1.165, 1.54) is 16.9 Å². The highest BCUT2D eigenvalue weighted by Crippen LogP contribution is 2.15. The Kier molecular flexibility index (Phi) is 9.62. The fraction of sp³-hybridized carbons (Fsp3) is 0.474. The third-order valence-electron chi connectivity index (χ3n) is 3.68. The van der Waals surface area contributed by atoms with Gasteiger partial charge in [0.1, 0.15) is 11.4 Å². The van der Waals surface area contributed by atoms with E-state index in [4.69, 9.17) is 10.5 Å². The lowest BCUT2D eigenvalue weighted by atomic mass is 10.1. The number of hydrogen-bond donors (Lipinski definition) is 2. The predicted octanol–water partition coefficient (Wildman–Crippen LogP) is 3.60. The van der Waals surface area contributed by atoms with Crippen LogP contribution in [0.3, 0.4) is 0 Å². The molecule has 26 heavy (non-hydrogen) atoms. The van der Waals surface area contributed by atoms with Gasteiger partial charge in [0.05, 0.1) is 11.1 Å². The van der Waals surface area contributed by atoms with Gasteiger partial charge >= 0.3 is 0 Å². The second kappa shape index (κ2) is 11.2. The summed E-state index contributed by atoms with van der Waals surface area (Å²) in [5, 5.41) is 5.71. The number of ether oxygens (including phenoxy) is 1. The Morgan fingerprint density at radius 3 is 2.54 bits per heavy atom. The van der Waals surface area contributed by atoms with Crippen molar-refractivity contribution in [2.45, 2.75) is 52.2 Å². The summed E-state index contributed by atoms with van der Waals surface area (Å²) in [5.74, 6) is 0.768. The number of aryl methyl sites for hydroxylation is 1. The Labute approximate surface area is 165 Å². The largest absolute Gasteiger partial charge is 0.491 e. The number of aromatic nitrogens is 1. The highest BCUT2D eigenvalue weighted by atomic mass is 35.5. The van der Waals surface area contributed by atoms with Crippen molar-refractivity contribution in [1.82, 2.24) is 10.3 Å². The lowest BCUT2D eigenvalue weighted by molar-refractivity contribution is 0.0934. The first-order valence-electron chi connectivity index (χ1n) is 8.69. The predicted molar refractivity (Wildman–Crippen MR) is 110 cm³/mol. The Bertz CT molecular complexity index is 674. The fourth-order valence-electron chi connectivity index (χ4n) is 2.41. The van der Waals surface area contributed by atoms with Crippen LogP contribution in [0.4, 0.5) is 0 Å². The molecule has 1 amide bonds. The Morgan fingerprint density at radius 1 is 1.23 bits per heavy atom. The van der Waals surface area contributed by atoms with E-state index in [1.807, 2.05) is 32.9 Å². The van der Waals surface area contributed by atoms with E-state index in [2.05, 4.69) is 22.4 Å². The van der Waals surface area contributed by atoms with Gasteiger partial charge in [-0.2, -0.15) is 0 Å². The first kappa shape index (κ1) is 22.4. The first-order chi connectivity index (χ1) is 12.0. The summed E-state index contributed by atoms with van der Waals surface area (Å²) in [6, 6.07) is 8.22. The van der Waals surface area contributed by atoms with Crippen LogP contribution in [-0.2, 0) is 12.8 Å². The number of nitrogens with zero attached hydrogens (tertiary/aromatic N) is 1. The molecule has 3 N–H and O–H groups in total. The average Bonchev–Trinajstić information content (AvgIpc) is 3.03. The molecular weight excluding hydrogens is 370 g/mol. The van der Waals surface area contributed by atoms with Gasteiger partial charge in [-0.25, -0.2) is 4.98 Å². The fourth-order valence-corrected chi connectivity index (χ4v) is 3.21. The van der Waals surface area contributed by atoms with Gasteiger partial charge < -0.3 is 15.8 Å². The second-order valence-corrected chi connectivity index (χ2v) is 7.33. The number of hydrogen-bond acceptors (Lipinski definition) is 5. The van der Waals surface area contributed by atoms with Crippen molar-refractivity contribution in [3.8, 4) is 5.75 Å². The maximum atomic E-state index is 12.2. The van der Waals surface area contributed by atoms with E-state index < -0.39 is 0 Å². The summed E-state index contributed by atoms with van der Waals surface area (Å²) >= 11 is 1.48. The molecule has 0 aliphatic heterocycles. The van der Waals surface area contributed by atoms with Crippen molar-refractivity contribution in [3.05, 3.63) is 45.9 Å². The van der Waals surface area contributed by atoms with Crippen molar-refractivity contribution < 1.29 is 9.53 Å². The van der Waals surface area contributed by atoms with E-state index in [0.717, 1.165) is 23.6 Å². The minimum Gasteiger partial charge on any atom is -0.491 e. The summed E-state index contributed by atoms with van der Waals surface area (Å²) in [6.07, 6.45) is 2.66. The zero-order chi connectivity index (χ0) is 18.2. The molecule has 0 aliphatic carbocycles. The molecule has 1 unspecified atom stereocenters. The number of benzene rings is 1. The molecule has 0 radical (unpaired) electrons. The summed E-state index contributed by atoms with van der Waals surface area (Å²) in [6.45, 7) is 6.59. The van der Waals surface area contributed by atoms with E-state index >= 15 is 0 Å². The number of nitrogens with one attached hydrogen (secondary N) is 1. The minimum absolute atomic E-state index is 0. The molecule has 0 saturated carbocycles. The maximum Gasteiger partial charge on any atom is 0.270 e. The van der Waals surface area contributed by atoms with E-state index in [0.29, 0.717) is 18.7 Å². The summed E-state index contributed by atoms with van der Waals surface area (Å²) in [7, 11) is 0. The molecule has 1 atom stereocenters. The maximum absolute atomic E-state index is 12.2. The topological polar surface area (TPSA) is 77.2 Å². The molecule has 1 aromatic carbocycles. The first-order valence-corrected chi connectivity index (χ1v) is 9.57. The van der Waals surface area contributed by atoms with Crippen molar-refractivity contribution in [2.75, 3.05) is 6.54 Å². The van der Waals surface area contributed by atoms with Crippen molar-refractivity contribution in [1.29, 1.82) is 0 Å². The molecule has 1 heterocycles. The number of carbonyl (C=O) groups excluding carboxylic acids is 1. The van der Waals surface area contributed by atoms with Gasteiger partial charge in [-0.3, -0.25) is 4.79 Å². The monoisotopic (exact) mass is 397 g/mol. The lowest BCUT2D eigenvalue weighted by Gasteiger charge is -2.14. The van der Waals surface area contributed by atoms with Gasteiger partial charge in [0.2, 0.25) is 0 Å². The van der Waals surface area contributed by atoms with Crippen molar-refractivity contribution >= 4 is 29.7 Å². The normalized spacial score (nSPS) is 11.7. The zero-order valence-corrected chi connectivity index (χ0v) is 17.2. The molecule has 1 aromatic heterocycles. The van der Waals surface area contributed by atoms with Crippen LogP contribution in [0.2, 0.25) is 0 Å². The van der Waals surface area contributed by atoms with Crippen molar-refractivity contribution in [2.24, 2.45) is 5.73 Å². The van der Waals surface area contributed by atoms with Gasteiger partial charge in [-0.15, -0.1) is 23.7 Å². The number of nitrogens with two attached hydrogens (primary N) is 1. The summed E-state index contributed by atoms with van der Waals surface area (Å²) in [4.78, 5) is 16.5. The van der Waals surface area contributed by atoms with Crippen LogP contribution < -0.4 is 15.8 Å². The van der Waals surface area contributed by atoms with Crippen LogP contribution in [0.5, 0.6) is 5.75 Å². The van der Waals surface area contributed by atoms with Gasteiger partial charge in [-0.1, -0.05) is 12.1 Å². The molecule has 7 heteroatoms. The molecule has 2 aromatic rings. The number of carbonyl (C=O) groups is 1. The molecule has 2 rings (SSSR count).